The molecule has 4 heteroatoms. The third-order valence-electron chi connectivity index (χ3n) is 3.43. The fourth-order valence-corrected chi connectivity index (χ4v) is 2.75. The zero-order valence-corrected chi connectivity index (χ0v) is 14.7. The topological polar surface area (TPSA) is 12.0 Å². The van der Waals surface area contributed by atoms with E-state index in [1.54, 1.807) is 0 Å². The van der Waals surface area contributed by atoms with Gasteiger partial charge in [-0.05, 0) is 41.4 Å². The Morgan fingerprint density at radius 3 is 2.60 bits per heavy atom. The summed E-state index contributed by atoms with van der Waals surface area (Å²) in [7, 11) is 0. The van der Waals surface area contributed by atoms with E-state index < -0.39 is 0 Å². The summed E-state index contributed by atoms with van der Waals surface area (Å²) in [6.07, 6.45) is 6.76. The van der Waals surface area contributed by atoms with Crippen LogP contribution in [-0.2, 0) is 0 Å². The van der Waals surface area contributed by atoms with Gasteiger partial charge in [-0.3, -0.25) is 0 Å². The molecule has 1 nitrogen and oxygen atoms in total. The first-order valence-corrected chi connectivity index (χ1v) is 8.65. The zero-order valence-electron chi connectivity index (χ0n) is 12.3. The average Bonchev–Trinajstić information content (AvgIpc) is 2.45. The first-order valence-electron chi connectivity index (χ1n) is 7.48. The average molecular weight is 365 g/mol. The van der Waals surface area contributed by atoms with Gasteiger partial charge < -0.3 is 5.32 Å². The molecule has 114 valence electrons. The van der Waals surface area contributed by atoms with Gasteiger partial charge in [0.05, 0.1) is 5.02 Å². The SMILES string of the molecule is CCCCCCC(NCCC)c1ccc(Br)c(Cl)c1F. The van der Waals surface area contributed by atoms with Gasteiger partial charge in [0.15, 0.2) is 0 Å². The van der Waals surface area contributed by atoms with E-state index in [0.29, 0.717) is 10.0 Å². The molecule has 1 N–H and O–H groups in total. The molecule has 0 aliphatic heterocycles. The molecule has 1 aromatic carbocycles. The van der Waals surface area contributed by atoms with Gasteiger partial charge in [-0.1, -0.05) is 57.2 Å². The van der Waals surface area contributed by atoms with E-state index in [9.17, 15) is 4.39 Å². The molecule has 0 amide bonds. The minimum absolute atomic E-state index is 0.0532. The summed E-state index contributed by atoms with van der Waals surface area (Å²) >= 11 is 9.26. The minimum Gasteiger partial charge on any atom is -0.310 e. The van der Waals surface area contributed by atoms with Gasteiger partial charge >= 0.3 is 0 Å². The Hall–Kier alpha value is -0.120. The second kappa shape index (κ2) is 9.75. The lowest BCUT2D eigenvalue weighted by atomic mass is 9.99. The molecular weight excluding hydrogens is 341 g/mol. The molecule has 0 aliphatic carbocycles. The van der Waals surface area contributed by atoms with Crippen LogP contribution in [0.5, 0.6) is 0 Å². The first-order chi connectivity index (χ1) is 9.61. The van der Waals surface area contributed by atoms with Gasteiger partial charge in [0.25, 0.3) is 0 Å². The third kappa shape index (κ3) is 5.34. The third-order valence-corrected chi connectivity index (χ3v) is 4.69. The Morgan fingerprint density at radius 1 is 1.20 bits per heavy atom. The number of benzene rings is 1. The normalized spacial score (nSPS) is 12.7. The van der Waals surface area contributed by atoms with Crippen LogP contribution in [0.15, 0.2) is 16.6 Å². The highest BCUT2D eigenvalue weighted by molar-refractivity contribution is 9.10. The van der Waals surface area contributed by atoms with E-state index in [0.717, 1.165) is 25.8 Å². The first kappa shape index (κ1) is 17.9. The Morgan fingerprint density at radius 2 is 1.95 bits per heavy atom. The predicted molar refractivity (Wildman–Crippen MR) is 88.9 cm³/mol. The van der Waals surface area contributed by atoms with E-state index in [1.807, 2.05) is 12.1 Å². The van der Waals surface area contributed by atoms with Crippen molar-refractivity contribution in [2.75, 3.05) is 6.54 Å². The Bertz CT molecular complexity index is 412. The smallest absolute Gasteiger partial charge is 0.147 e. The van der Waals surface area contributed by atoms with Crippen LogP contribution in [0.3, 0.4) is 0 Å². The molecule has 1 unspecified atom stereocenters. The van der Waals surface area contributed by atoms with E-state index in [2.05, 4.69) is 35.1 Å². The number of hydrogen-bond acceptors (Lipinski definition) is 1. The summed E-state index contributed by atoms with van der Waals surface area (Å²) in [5, 5.41) is 3.62. The van der Waals surface area contributed by atoms with Crippen LogP contribution in [0.1, 0.15) is 64.0 Å². The van der Waals surface area contributed by atoms with Crippen molar-refractivity contribution >= 4 is 27.5 Å². The fraction of sp³-hybridized carbons (Fsp3) is 0.625. The number of halogens is 3. The van der Waals surface area contributed by atoms with Crippen molar-refractivity contribution in [1.29, 1.82) is 0 Å². The van der Waals surface area contributed by atoms with Crippen LogP contribution in [0.4, 0.5) is 4.39 Å². The van der Waals surface area contributed by atoms with E-state index >= 15 is 0 Å². The lowest BCUT2D eigenvalue weighted by Crippen LogP contribution is -2.23. The molecule has 1 rings (SSSR count). The maximum Gasteiger partial charge on any atom is 0.147 e. The van der Waals surface area contributed by atoms with Crippen molar-refractivity contribution in [1.82, 2.24) is 5.32 Å². The highest BCUT2D eigenvalue weighted by Crippen LogP contribution is 2.32. The highest BCUT2D eigenvalue weighted by Gasteiger charge is 2.18. The summed E-state index contributed by atoms with van der Waals surface area (Å²) in [4.78, 5) is 0. The van der Waals surface area contributed by atoms with Crippen molar-refractivity contribution in [3.8, 4) is 0 Å². The van der Waals surface area contributed by atoms with E-state index in [-0.39, 0.29) is 16.9 Å². The summed E-state index contributed by atoms with van der Waals surface area (Å²) in [6.45, 7) is 5.21. The number of nitrogens with one attached hydrogen (secondary N) is 1. The van der Waals surface area contributed by atoms with Crippen LogP contribution >= 0.6 is 27.5 Å². The lowest BCUT2D eigenvalue weighted by molar-refractivity contribution is 0.451. The van der Waals surface area contributed by atoms with Crippen LogP contribution in [-0.4, -0.2) is 6.54 Å². The molecule has 1 atom stereocenters. The van der Waals surface area contributed by atoms with Gasteiger partial charge in [0, 0.05) is 16.1 Å². The molecule has 1 aromatic rings. The molecule has 0 aliphatic rings. The van der Waals surface area contributed by atoms with Crippen molar-refractivity contribution in [2.24, 2.45) is 0 Å². The Kier molecular flexibility index (Phi) is 8.74. The minimum atomic E-state index is -0.301. The maximum absolute atomic E-state index is 14.3. The van der Waals surface area contributed by atoms with Gasteiger partial charge in [-0.15, -0.1) is 0 Å². The summed E-state index contributed by atoms with van der Waals surface area (Å²) in [5.74, 6) is -0.301. The van der Waals surface area contributed by atoms with Crippen LogP contribution < -0.4 is 5.32 Å². The van der Waals surface area contributed by atoms with Gasteiger partial charge in [-0.2, -0.15) is 0 Å². The summed E-state index contributed by atoms with van der Waals surface area (Å²) < 4.78 is 14.9. The quantitative estimate of drug-likeness (QED) is 0.403. The molecule has 0 bridgehead atoms. The van der Waals surface area contributed by atoms with Gasteiger partial charge in [0.1, 0.15) is 5.82 Å². The molecule has 0 heterocycles. The Balaban J connectivity index is 2.78. The zero-order chi connectivity index (χ0) is 15.0. The predicted octanol–water partition coefficient (Wildman–Crippen LogP) is 6.25. The van der Waals surface area contributed by atoms with E-state index in [4.69, 9.17) is 11.6 Å². The molecule has 0 saturated heterocycles. The van der Waals surface area contributed by atoms with Gasteiger partial charge in [0.2, 0.25) is 0 Å². The van der Waals surface area contributed by atoms with Crippen LogP contribution in [0.2, 0.25) is 5.02 Å². The number of hydrogen-bond donors (Lipinski definition) is 1. The lowest BCUT2D eigenvalue weighted by Gasteiger charge is -2.20. The maximum atomic E-state index is 14.3. The van der Waals surface area contributed by atoms with Crippen LogP contribution in [0.25, 0.3) is 0 Å². The summed E-state index contributed by atoms with van der Waals surface area (Å²) in [6, 6.07) is 3.71. The highest BCUT2D eigenvalue weighted by atomic mass is 79.9. The largest absolute Gasteiger partial charge is 0.310 e. The molecule has 0 aromatic heterocycles. The second-order valence-corrected chi connectivity index (χ2v) is 6.35. The molecule has 0 fully saturated rings. The van der Waals surface area contributed by atoms with Crippen molar-refractivity contribution in [2.45, 2.75) is 58.4 Å². The molecule has 20 heavy (non-hydrogen) atoms. The van der Waals surface area contributed by atoms with E-state index in [1.165, 1.54) is 19.3 Å². The molecular formula is C16H24BrClFN. The fourth-order valence-electron chi connectivity index (χ4n) is 2.27. The monoisotopic (exact) mass is 363 g/mol. The standard InChI is InChI=1S/C16H24BrClFN/c1-3-5-6-7-8-14(20-11-4-2)12-9-10-13(17)15(18)16(12)19/h9-10,14,20H,3-8,11H2,1-2H3. The second-order valence-electron chi connectivity index (χ2n) is 5.12. The molecule has 0 spiro atoms. The number of unbranched alkanes of at least 4 members (excludes halogenated alkanes) is 3. The van der Waals surface area contributed by atoms with Crippen molar-refractivity contribution in [3.63, 3.8) is 0 Å². The van der Waals surface area contributed by atoms with Crippen molar-refractivity contribution in [3.05, 3.63) is 33.0 Å². The summed E-state index contributed by atoms with van der Waals surface area (Å²) in [5.41, 5.74) is 0.683. The Labute approximate surface area is 135 Å². The molecule has 0 saturated carbocycles. The molecule has 0 radical (unpaired) electrons. The van der Waals surface area contributed by atoms with Gasteiger partial charge in [-0.25, -0.2) is 4.39 Å². The van der Waals surface area contributed by atoms with Crippen LogP contribution in [0, 0.1) is 5.82 Å². The van der Waals surface area contributed by atoms with Crippen molar-refractivity contribution < 1.29 is 4.39 Å². The number of rotatable bonds is 9.